The molecule has 0 saturated carbocycles. The molecule has 0 aliphatic carbocycles. The van der Waals surface area contributed by atoms with Crippen molar-refractivity contribution in [2.75, 3.05) is 5.43 Å². The van der Waals surface area contributed by atoms with E-state index in [2.05, 4.69) is 20.8 Å². The van der Waals surface area contributed by atoms with Gasteiger partial charge in [-0.25, -0.2) is 4.79 Å². The van der Waals surface area contributed by atoms with Crippen LogP contribution in [-0.4, -0.2) is 21.5 Å². The molecule has 2 aromatic rings. The number of rotatable bonds is 7. The first-order valence-electron chi connectivity index (χ1n) is 8.37. The van der Waals surface area contributed by atoms with Crippen molar-refractivity contribution in [3.63, 3.8) is 0 Å². The minimum Gasteiger partial charge on any atom is -0.478 e. The molecular formula is C20H20N4O3S. The lowest BCUT2D eigenvalue weighted by Gasteiger charge is -2.05. The summed E-state index contributed by atoms with van der Waals surface area (Å²) in [5, 5.41) is 21.8. The Kier molecular flexibility index (Phi) is 8.13. The fourth-order valence-electron chi connectivity index (χ4n) is 2.22. The van der Waals surface area contributed by atoms with E-state index in [0.717, 1.165) is 0 Å². The summed E-state index contributed by atoms with van der Waals surface area (Å²) in [6.07, 6.45) is 3.04. The van der Waals surface area contributed by atoms with E-state index in [4.69, 9.17) is 0 Å². The monoisotopic (exact) mass is 396 g/mol. The zero-order valence-electron chi connectivity index (χ0n) is 15.4. The van der Waals surface area contributed by atoms with Crippen LogP contribution in [0.2, 0.25) is 0 Å². The average Bonchev–Trinajstić information content (AvgIpc) is 2.73. The highest BCUT2D eigenvalue weighted by atomic mass is 32.2. The number of nitrogens with one attached hydrogen (secondary N) is 1. The number of aliphatic carboxylic acids is 1. The molecule has 7 nitrogen and oxygen atoms in total. The van der Waals surface area contributed by atoms with Gasteiger partial charge in [0.1, 0.15) is 0 Å². The fraction of sp³-hybridized carbons (Fsp3) is 0.100. The molecule has 0 unspecified atom stereocenters. The van der Waals surface area contributed by atoms with Crippen molar-refractivity contribution in [2.45, 2.75) is 18.7 Å². The van der Waals surface area contributed by atoms with Crippen molar-refractivity contribution in [1.82, 2.24) is 0 Å². The molecule has 2 aromatic carbocycles. The van der Waals surface area contributed by atoms with Crippen LogP contribution in [0.3, 0.4) is 0 Å². The molecule has 0 aliphatic rings. The maximum atomic E-state index is 11.3. The Bertz CT molecular complexity index is 937. The van der Waals surface area contributed by atoms with Gasteiger partial charge >= 0.3 is 5.97 Å². The number of hydrogen-bond acceptors (Lipinski definition) is 6. The Morgan fingerprint density at radius 3 is 2.39 bits per heavy atom. The number of anilines is 1. The topological polar surface area (TPSA) is 107 Å². The molecule has 0 heterocycles. The van der Waals surface area contributed by atoms with Crippen LogP contribution in [0.4, 0.5) is 5.69 Å². The first kappa shape index (κ1) is 21.1. The number of benzene rings is 2. The molecule has 2 rings (SSSR count). The second kappa shape index (κ2) is 10.8. The number of azo groups is 1. The minimum atomic E-state index is -1.08. The number of hydrogen-bond donors (Lipinski definition) is 3. The molecule has 0 spiro atoms. The molecule has 0 amide bonds. The lowest BCUT2D eigenvalue weighted by Crippen LogP contribution is -2.04. The maximum Gasteiger partial charge on any atom is 0.337 e. The summed E-state index contributed by atoms with van der Waals surface area (Å²) in [4.78, 5) is 12.0. The van der Waals surface area contributed by atoms with Gasteiger partial charge < -0.3 is 9.66 Å². The highest BCUT2D eigenvalue weighted by molar-refractivity contribution is 7.93. The van der Waals surface area contributed by atoms with Crippen LogP contribution in [-0.2, 0) is 4.79 Å². The lowest BCUT2D eigenvalue weighted by atomic mass is 10.2. The quantitative estimate of drug-likeness (QED) is 0.110. The Morgan fingerprint density at radius 1 is 1.04 bits per heavy atom. The molecule has 28 heavy (non-hydrogen) atoms. The molecule has 8 heteroatoms. The molecule has 0 radical (unpaired) electrons. The number of hydrazone groups is 1. The third-order valence-corrected chi connectivity index (χ3v) is 4.05. The lowest BCUT2D eigenvalue weighted by molar-refractivity contribution is -0.132. The third-order valence-electron chi connectivity index (χ3n) is 3.58. The van der Waals surface area contributed by atoms with Gasteiger partial charge in [-0.05, 0) is 32.0 Å². The van der Waals surface area contributed by atoms with Crippen molar-refractivity contribution in [3.05, 3.63) is 83.6 Å². The van der Waals surface area contributed by atoms with Crippen LogP contribution in [0.25, 0.3) is 0 Å². The second-order valence-corrected chi connectivity index (χ2v) is 6.07. The predicted octanol–water partition coefficient (Wildman–Crippen LogP) is 5.41. The van der Waals surface area contributed by atoms with Crippen molar-refractivity contribution in [3.8, 4) is 0 Å². The summed E-state index contributed by atoms with van der Waals surface area (Å²) in [5.41, 5.74) is 4.54. The van der Waals surface area contributed by atoms with E-state index in [0.29, 0.717) is 28.2 Å². The summed E-state index contributed by atoms with van der Waals surface area (Å²) in [7, 11) is 0. The first-order valence-corrected chi connectivity index (χ1v) is 9.15. The van der Waals surface area contributed by atoms with Crippen LogP contribution in [0.15, 0.2) is 98.2 Å². The van der Waals surface area contributed by atoms with Gasteiger partial charge in [-0.2, -0.15) is 5.10 Å². The number of carboxylic acid groups (broad SMARTS) is 1. The number of allylic oxidation sites excluding steroid dienone is 2. The van der Waals surface area contributed by atoms with Crippen LogP contribution >= 0.6 is 12.0 Å². The van der Waals surface area contributed by atoms with Crippen molar-refractivity contribution < 1.29 is 14.5 Å². The molecule has 144 valence electrons. The molecule has 0 aliphatic heterocycles. The van der Waals surface area contributed by atoms with Gasteiger partial charge in [-0.3, -0.25) is 5.43 Å². The Hall–Kier alpha value is -3.23. The van der Waals surface area contributed by atoms with E-state index in [1.165, 1.54) is 6.08 Å². The standard InChI is InChI=1S/C20H20N4O3S/c1-3-17(20(25)26)18(4-2)22-24-19(14-9-6-5-7-10-14)23-21-15-11-8-12-16(13-15)28-27/h3-13,21,27H,1-2H3,(H,25,26)/b17-3+,18-4+,23-19+,24-22+. The van der Waals surface area contributed by atoms with Crippen molar-refractivity contribution in [1.29, 1.82) is 0 Å². The van der Waals surface area contributed by atoms with Crippen LogP contribution < -0.4 is 5.43 Å². The number of amidine groups is 1. The van der Waals surface area contributed by atoms with Crippen LogP contribution in [0.5, 0.6) is 0 Å². The SMILES string of the molecule is C/C=C(/N=N/C(=N/Nc1cccc(SO)c1)c1ccccc1)C(=C/C)\C(=O)O. The predicted molar refractivity (Wildman–Crippen MR) is 112 cm³/mol. The average molecular weight is 396 g/mol. The third kappa shape index (κ3) is 5.90. The van der Waals surface area contributed by atoms with E-state index in [9.17, 15) is 14.5 Å². The molecule has 0 aromatic heterocycles. The number of nitrogens with zero attached hydrogens (tertiary/aromatic N) is 3. The smallest absolute Gasteiger partial charge is 0.337 e. The molecule has 0 atom stereocenters. The fourth-order valence-corrected chi connectivity index (χ4v) is 2.54. The molecule has 0 bridgehead atoms. The van der Waals surface area contributed by atoms with Crippen molar-refractivity contribution in [2.24, 2.45) is 15.3 Å². The Morgan fingerprint density at radius 2 is 1.79 bits per heavy atom. The van der Waals surface area contributed by atoms with Crippen LogP contribution in [0.1, 0.15) is 19.4 Å². The summed E-state index contributed by atoms with van der Waals surface area (Å²) in [6.45, 7) is 3.32. The highest BCUT2D eigenvalue weighted by Crippen LogP contribution is 2.19. The first-order chi connectivity index (χ1) is 13.6. The molecular weight excluding hydrogens is 376 g/mol. The van der Waals surface area contributed by atoms with Gasteiger partial charge in [0.2, 0.25) is 5.84 Å². The van der Waals surface area contributed by atoms with Gasteiger partial charge in [-0.15, -0.1) is 10.2 Å². The number of carboxylic acids is 1. The number of carbonyl (C=O) groups is 1. The minimum absolute atomic E-state index is 0.0549. The second-order valence-electron chi connectivity index (χ2n) is 5.41. The van der Waals surface area contributed by atoms with Gasteiger partial charge in [0.15, 0.2) is 0 Å². The van der Waals surface area contributed by atoms with Gasteiger partial charge in [0.25, 0.3) is 0 Å². The van der Waals surface area contributed by atoms with E-state index in [1.54, 1.807) is 44.2 Å². The molecule has 3 N–H and O–H groups in total. The van der Waals surface area contributed by atoms with Gasteiger partial charge in [0, 0.05) is 22.5 Å². The Labute approximate surface area is 167 Å². The van der Waals surface area contributed by atoms with E-state index in [1.807, 2.05) is 30.3 Å². The van der Waals surface area contributed by atoms with Gasteiger partial charge in [0.05, 0.1) is 17.0 Å². The maximum absolute atomic E-state index is 11.3. The van der Waals surface area contributed by atoms with E-state index >= 15 is 0 Å². The van der Waals surface area contributed by atoms with E-state index < -0.39 is 5.97 Å². The summed E-state index contributed by atoms with van der Waals surface area (Å²) in [6, 6.07) is 16.3. The summed E-state index contributed by atoms with van der Waals surface area (Å²) < 4.78 is 9.17. The highest BCUT2D eigenvalue weighted by Gasteiger charge is 2.12. The molecule has 0 fully saturated rings. The van der Waals surface area contributed by atoms with Gasteiger partial charge in [-0.1, -0.05) is 48.6 Å². The summed E-state index contributed by atoms with van der Waals surface area (Å²) in [5.74, 6) is -0.799. The Balaban J connectivity index is 2.36. The zero-order chi connectivity index (χ0) is 20.4. The van der Waals surface area contributed by atoms with Crippen molar-refractivity contribution >= 4 is 29.5 Å². The zero-order valence-corrected chi connectivity index (χ0v) is 16.2. The van der Waals surface area contributed by atoms with Crippen LogP contribution in [0, 0.1) is 0 Å². The normalized spacial score (nSPS) is 13.0. The van der Waals surface area contributed by atoms with E-state index in [-0.39, 0.29) is 17.1 Å². The largest absolute Gasteiger partial charge is 0.478 e. The summed E-state index contributed by atoms with van der Waals surface area (Å²) >= 11 is 0.639. The molecule has 0 saturated heterocycles.